The molecule has 0 saturated carbocycles. The zero-order valence-electron chi connectivity index (χ0n) is 12.9. The van der Waals surface area contributed by atoms with E-state index in [1.54, 1.807) is 11.3 Å². The molecule has 1 unspecified atom stereocenters. The molecule has 1 aromatic heterocycles. The number of urea groups is 1. The normalized spacial score (nSPS) is 18.4. The first-order valence-corrected chi connectivity index (χ1v) is 8.52. The summed E-state index contributed by atoms with van der Waals surface area (Å²) < 4.78 is 0. The van der Waals surface area contributed by atoms with Crippen molar-refractivity contribution < 1.29 is 4.79 Å². The van der Waals surface area contributed by atoms with Gasteiger partial charge in [0.05, 0.1) is 12.1 Å². The van der Waals surface area contributed by atoms with Crippen LogP contribution in [-0.4, -0.2) is 11.0 Å². The van der Waals surface area contributed by atoms with E-state index >= 15 is 0 Å². The molecule has 5 heteroatoms. The van der Waals surface area contributed by atoms with Gasteiger partial charge < -0.3 is 10.6 Å². The van der Waals surface area contributed by atoms with E-state index < -0.39 is 0 Å². The van der Waals surface area contributed by atoms with E-state index in [0.29, 0.717) is 0 Å². The van der Waals surface area contributed by atoms with Gasteiger partial charge in [0.2, 0.25) is 0 Å². The quantitative estimate of drug-likeness (QED) is 0.903. The summed E-state index contributed by atoms with van der Waals surface area (Å²) in [5.74, 6) is 0. The first-order valence-electron chi connectivity index (χ1n) is 7.70. The number of fused-ring (bicyclic) bond motifs is 1. The van der Waals surface area contributed by atoms with Crippen LogP contribution in [0.4, 0.5) is 4.79 Å². The van der Waals surface area contributed by atoms with Gasteiger partial charge in [-0.05, 0) is 44.2 Å². The van der Waals surface area contributed by atoms with Crippen molar-refractivity contribution in [3.63, 3.8) is 0 Å². The predicted molar refractivity (Wildman–Crippen MR) is 89.1 cm³/mol. The van der Waals surface area contributed by atoms with Gasteiger partial charge in [0.1, 0.15) is 5.01 Å². The van der Waals surface area contributed by atoms with Crippen LogP contribution in [0.1, 0.15) is 52.9 Å². The number of amides is 2. The molecule has 0 radical (unpaired) electrons. The van der Waals surface area contributed by atoms with Crippen LogP contribution in [0.15, 0.2) is 30.5 Å². The maximum atomic E-state index is 12.3. The molecular weight excluding hydrogens is 294 g/mol. The summed E-state index contributed by atoms with van der Waals surface area (Å²) in [7, 11) is 0. The summed E-state index contributed by atoms with van der Waals surface area (Å²) >= 11 is 1.62. The number of carbonyl (C=O) groups is 1. The lowest BCUT2D eigenvalue weighted by atomic mass is 9.88. The fourth-order valence-electron chi connectivity index (χ4n) is 2.93. The van der Waals surface area contributed by atoms with Gasteiger partial charge in [0.25, 0.3) is 0 Å². The molecule has 0 spiro atoms. The van der Waals surface area contributed by atoms with Gasteiger partial charge in [0.15, 0.2) is 0 Å². The second-order valence-corrected chi connectivity index (χ2v) is 7.06. The summed E-state index contributed by atoms with van der Waals surface area (Å²) in [6.07, 6.45) is 5.05. The number of benzene rings is 1. The lowest BCUT2D eigenvalue weighted by molar-refractivity contribution is 0.232. The van der Waals surface area contributed by atoms with Crippen LogP contribution < -0.4 is 10.6 Å². The Kier molecular flexibility index (Phi) is 4.43. The van der Waals surface area contributed by atoms with Gasteiger partial charge in [-0.3, -0.25) is 0 Å². The van der Waals surface area contributed by atoms with Crippen LogP contribution in [0.5, 0.6) is 0 Å². The second-order valence-electron chi connectivity index (χ2n) is 5.79. The summed E-state index contributed by atoms with van der Waals surface area (Å²) in [5, 5.41) is 7.04. The summed E-state index contributed by atoms with van der Waals surface area (Å²) in [4.78, 5) is 17.8. The Balaban J connectivity index is 1.63. The Labute approximate surface area is 135 Å². The third-order valence-corrected chi connectivity index (χ3v) is 5.13. The van der Waals surface area contributed by atoms with Crippen molar-refractivity contribution in [2.24, 2.45) is 0 Å². The van der Waals surface area contributed by atoms with E-state index in [4.69, 9.17) is 0 Å². The third kappa shape index (κ3) is 3.30. The zero-order valence-corrected chi connectivity index (χ0v) is 13.7. The highest BCUT2D eigenvalue weighted by Crippen LogP contribution is 2.29. The molecule has 4 nitrogen and oxygen atoms in total. The van der Waals surface area contributed by atoms with Crippen molar-refractivity contribution in [3.8, 4) is 0 Å². The molecule has 0 saturated heterocycles. The summed E-state index contributed by atoms with van der Waals surface area (Å²) in [5.41, 5.74) is 2.60. The molecule has 2 aromatic rings. The number of hydrogen-bond donors (Lipinski definition) is 2. The first kappa shape index (κ1) is 15.0. The lowest BCUT2D eigenvalue weighted by Gasteiger charge is -2.27. The molecule has 3 rings (SSSR count). The number of thiazole rings is 1. The van der Waals surface area contributed by atoms with Crippen LogP contribution in [0.3, 0.4) is 0 Å². The Morgan fingerprint density at radius 2 is 2.23 bits per heavy atom. The minimum Gasteiger partial charge on any atom is -0.331 e. The molecule has 1 aliphatic rings. The Morgan fingerprint density at radius 1 is 1.41 bits per heavy atom. The molecule has 22 heavy (non-hydrogen) atoms. The monoisotopic (exact) mass is 315 g/mol. The van der Waals surface area contributed by atoms with Crippen LogP contribution in [-0.2, 0) is 6.42 Å². The van der Waals surface area contributed by atoms with Crippen LogP contribution >= 0.6 is 11.3 Å². The van der Waals surface area contributed by atoms with Gasteiger partial charge in [-0.2, -0.15) is 0 Å². The SMILES string of the molecule is Cc1cnc(C(C)NC(=O)N[C@@H]2CCCc3ccccc32)s1. The molecule has 2 N–H and O–H groups in total. The van der Waals surface area contributed by atoms with Gasteiger partial charge in [0, 0.05) is 11.1 Å². The largest absolute Gasteiger partial charge is 0.331 e. The number of carbonyl (C=O) groups excluding carboxylic acids is 1. The fraction of sp³-hybridized carbons (Fsp3) is 0.412. The van der Waals surface area contributed by atoms with Crippen molar-refractivity contribution in [3.05, 3.63) is 51.5 Å². The molecule has 2 amide bonds. The molecule has 2 atom stereocenters. The summed E-state index contributed by atoms with van der Waals surface area (Å²) in [6.45, 7) is 3.99. The van der Waals surface area contributed by atoms with E-state index in [-0.39, 0.29) is 18.1 Å². The average molecular weight is 315 g/mol. The highest BCUT2D eigenvalue weighted by Gasteiger charge is 2.22. The highest BCUT2D eigenvalue weighted by atomic mass is 32.1. The van der Waals surface area contributed by atoms with Gasteiger partial charge in [-0.15, -0.1) is 11.3 Å². The predicted octanol–water partition coefficient (Wildman–Crippen LogP) is 3.89. The maximum Gasteiger partial charge on any atom is 0.315 e. The molecule has 1 heterocycles. The molecule has 1 aromatic carbocycles. The van der Waals surface area contributed by atoms with E-state index in [1.807, 2.05) is 26.1 Å². The summed E-state index contributed by atoms with van der Waals surface area (Å²) in [6, 6.07) is 8.29. The number of nitrogens with zero attached hydrogens (tertiary/aromatic N) is 1. The van der Waals surface area contributed by atoms with Crippen LogP contribution in [0, 0.1) is 6.92 Å². The topological polar surface area (TPSA) is 54.0 Å². The number of rotatable bonds is 3. The average Bonchev–Trinajstić information content (AvgIpc) is 2.94. The highest BCUT2D eigenvalue weighted by molar-refractivity contribution is 7.11. The van der Waals surface area contributed by atoms with Crippen molar-refractivity contribution >= 4 is 17.4 Å². The van der Waals surface area contributed by atoms with E-state index in [0.717, 1.165) is 29.1 Å². The van der Waals surface area contributed by atoms with E-state index in [2.05, 4.69) is 33.8 Å². The second kappa shape index (κ2) is 6.48. The third-order valence-electron chi connectivity index (χ3n) is 4.03. The number of aromatic nitrogens is 1. The Morgan fingerprint density at radius 3 is 3.00 bits per heavy atom. The van der Waals surface area contributed by atoms with Gasteiger partial charge in [-0.25, -0.2) is 9.78 Å². The number of aryl methyl sites for hydroxylation is 2. The smallest absolute Gasteiger partial charge is 0.315 e. The maximum absolute atomic E-state index is 12.3. The molecule has 116 valence electrons. The molecule has 0 fully saturated rings. The zero-order chi connectivity index (χ0) is 15.5. The van der Waals surface area contributed by atoms with Crippen molar-refractivity contribution in [1.29, 1.82) is 0 Å². The van der Waals surface area contributed by atoms with Crippen LogP contribution in [0.25, 0.3) is 0 Å². The van der Waals surface area contributed by atoms with Crippen molar-refractivity contribution in [2.45, 2.75) is 45.2 Å². The molecular formula is C17H21N3OS. The molecule has 0 bridgehead atoms. The number of hydrogen-bond acceptors (Lipinski definition) is 3. The first-order chi connectivity index (χ1) is 10.6. The van der Waals surface area contributed by atoms with Gasteiger partial charge >= 0.3 is 6.03 Å². The van der Waals surface area contributed by atoms with Crippen molar-refractivity contribution in [1.82, 2.24) is 15.6 Å². The van der Waals surface area contributed by atoms with Gasteiger partial charge in [-0.1, -0.05) is 24.3 Å². The fourth-order valence-corrected chi connectivity index (χ4v) is 3.71. The lowest BCUT2D eigenvalue weighted by Crippen LogP contribution is -2.40. The number of nitrogens with one attached hydrogen (secondary N) is 2. The molecule has 1 aliphatic carbocycles. The minimum absolute atomic E-state index is 0.0717. The Bertz CT molecular complexity index is 667. The standard InChI is InChI=1S/C17H21N3OS/c1-11-10-18-16(22-11)12(2)19-17(21)20-15-9-5-7-13-6-3-4-8-14(13)15/h3-4,6,8,10,12,15H,5,7,9H2,1-2H3,(H2,19,20,21)/t12?,15-/m1/s1. The van der Waals surface area contributed by atoms with Crippen LogP contribution in [0.2, 0.25) is 0 Å². The minimum atomic E-state index is -0.123. The van der Waals surface area contributed by atoms with E-state index in [1.165, 1.54) is 11.1 Å². The molecule has 0 aliphatic heterocycles. The van der Waals surface area contributed by atoms with E-state index in [9.17, 15) is 4.79 Å². The Hall–Kier alpha value is -1.88. The van der Waals surface area contributed by atoms with Crippen molar-refractivity contribution in [2.75, 3.05) is 0 Å².